The van der Waals surface area contributed by atoms with Crippen LogP contribution in [0.1, 0.15) is 10.5 Å². The van der Waals surface area contributed by atoms with E-state index >= 15 is 0 Å². The van der Waals surface area contributed by atoms with Gasteiger partial charge in [-0.1, -0.05) is 0 Å². The van der Waals surface area contributed by atoms with Crippen molar-refractivity contribution in [2.45, 2.75) is 5.03 Å². The molecule has 0 unspecified atom stereocenters. The summed E-state index contributed by atoms with van der Waals surface area (Å²) in [7, 11) is 0. The van der Waals surface area contributed by atoms with E-state index in [0.717, 1.165) is 5.03 Å². The number of carbonyl (C=O) groups is 2. The molecule has 0 spiro atoms. The molecule has 1 aromatic rings. The third-order valence-electron chi connectivity index (χ3n) is 1.55. The average molecular weight is 215 g/mol. The molecule has 0 bridgehead atoms. The van der Waals surface area contributed by atoms with Crippen LogP contribution in [0.4, 0.5) is 0 Å². The number of carbonyl (C=O) groups excluding carboxylic acids is 2. The van der Waals surface area contributed by atoms with Crippen LogP contribution >= 0.6 is 23.7 Å². The van der Waals surface area contributed by atoms with Crippen LogP contribution in [0.5, 0.6) is 0 Å². The molecule has 0 aliphatic heterocycles. The highest BCUT2D eigenvalue weighted by Crippen LogP contribution is 2.23. The summed E-state index contributed by atoms with van der Waals surface area (Å²) in [5.41, 5.74) is 0.437. The smallest absolute Gasteiger partial charge is 0.242 e. The molecule has 13 heavy (non-hydrogen) atoms. The van der Waals surface area contributed by atoms with Gasteiger partial charge < -0.3 is 0 Å². The van der Waals surface area contributed by atoms with Gasteiger partial charge in [-0.05, 0) is 30.3 Å². The molecular formula is C8H9NO2S2. The minimum atomic E-state index is -0.477. The Morgan fingerprint density at radius 2 is 2.15 bits per heavy atom. The van der Waals surface area contributed by atoms with E-state index in [4.69, 9.17) is 0 Å². The van der Waals surface area contributed by atoms with Crippen LogP contribution in [0.15, 0.2) is 17.2 Å². The zero-order chi connectivity index (χ0) is 9.84. The normalized spacial score (nSPS) is 10.0. The summed E-state index contributed by atoms with van der Waals surface area (Å²) >= 11 is 2.96. The third-order valence-corrected chi connectivity index (χ3v) is 3.16. The lowest BCUT2D eigenvalue weighted by molar-refractivity contribution is -0.104. The first kappa shape index (κ1) is 10.4. The molecule has 0 aliphatic rings. The molecule has 0 saturated heterocycles. The highest BCUT2D eigenvalue weighted by molar-refractivity contribution is 8.00. The van der Waals surface area contributed by atoms with Crippen LogP contribution in [0.3, 0.4) is 0 Å². The Labute approximate surface area is 85.0 Å². The fourth-order valence-electron chi connectivity index (χ4n) is 0.986. The van der Waals surface area contributed by atoms with Gasteiger partial charge in [-0.25, -0.2) is 0 Å². The molecule has 0 fully saturated rings. The van der Waals surface area contributed by atoms with E-state index in [1.165, 1.54) is 11.9 Å². The number of aldehydes is 1. The molecule has 1 heterocycles. The Bertz CT molecular complexity index is 333. The predicted octanol–water partition coefficient (Wildman–Crippen LogP) is 1.72. The molecule has 0 atom stereocenters. The fourth-order valence-corrected chi connectivity index (χ4v) is 2.49. The van der Waals surface area contributed by atoms with Gasteiger partial charge in [-0.3, -0.25) is 13.6 Å². The molecule has 0 aromatic carbocycles. The van der Waals surface area contributed by atoms with E-state index < -0.39 is 5.78 Å². The number of hydrogen-bond acceptors (Lipinski definition) is 4. The summed E-state index contributed by atoms with van der Waals surface area (Å²) in [6.45, 7) is 0. The molecule has 0 amide bonds. The van der Waals surface area contributed by atoms with Crippen LogP contribution in [0.2, 0.25) is 0 Å². The Hall–Kier alpha value is -0.680. The molecule has 3 nitrogen and oxygen atoms in total. The lowest BCUT2D eigenvalue weighted by Crippen LogP contribution is -2.05. The van der Waals surface area contributed by atoms with Crippen LogP contribution in [0.25, 0.3) is 0 Å². The van der Waals surface area contributed by atoms with Crippen molar-refractivity contribution in [3.63, 3.8) is 0 Å². The number of rotatable bonds is 4. The second kappa shape index (κ2) is 4.53. The van der Waals surface area contributed by atoms with Gasteiger partial charge in [0.25, 0.3) is 0 Å². The van der Waals surface area contributed by atoms with Gasteiger partial charge in [-0.2, -0.15) is 0 Å². The monoisotopic (exact) mass is 215 g/mol. The quantitative estimate of drug-likeness (QED) is 0.332. The second-order valence-corrected chi connectivity index (χ2v) is 3.78. The summed E-state index contributed by atoms with van der Waals surface area (Å²) in [5, 5.41) is 0.970. The summed E-state index contributed by atoms with van der Waals surface area (Å²) < 4.78 is 1.75. The second-order valence-electron chi connectivity index (χ2n) is 2.22. The summed E-state index contributed by atoms with van der Waals surface area (Å²) in [6.07, 6.45) is 4.13. The molecule has 0 radical (unpaired) electrons. The maximum Gasteiger partial charge on any atom is 0.242 e. The van der Waals surface area contributed by atoms with E-state index in [1.807, 2.05) is 18.6 Å². The topological polar surface area (TPSA) is 39.1 Å². The van der Waals surface area contributed by atoms with E-state index in [1.54, 1.807) is 21.8 Å². The zero-order valence-corrected chi connectivity index (χ0v) is 8.95. The Morgan fingerprint density at radius 1 is 1.46 bits per heavy atom. The molecule has 70 valence electrons. The summed E-state index contributed by atoms with van der Waals surface area (Å²) in [4.78, 5) is 21.4. The number of Topliss-reactive ketones (excluding diaryl/α,β-unsaturated/α-hetero) is 1. The minimum Gasteiger partial charge on any atom is -0.294 e. The van der Waals surface area contributed by atoms with Gasteiger partial charge in [0.15, 0.2) is 6.29 Å². The summed E-state index contributed by atoms with van der Waals surface area (Å²) in [5.74, 6) is -0.477. The minimum absolute atomic E-state index is 0.339. The highest BCUT2D eigenvalue weighted by atomic mass is 32.2. The van der Waals surface area contributed by atoms with Crippen LogP contribution in [-0.2, 0) is 4.79 Å². The van der Waals surface area contributed by atoms with Gasteiger partial charge in [0.2, 0.25) is 5.78 Å². The number of ketones is 1. The van der Waals surface area contributed by atoms with Gasteiger partial charge in [-0.15, -0.1) is 11.8 Å². The number of hydrogen-bond donors (Lipinski definition) is 0. The van der Waals surface area contributed by atoms with Crippen molar-refractivity contribution in [3.8, 4) is 0 Å². The molecule has 0 N–H and O–H groups in total. The van der Waals surface area contributed by atoms with E-state index in [9.17, 15) is 9.59 Å². The SMILES string of the molecule is CSc1ccc(C(=O)C=O)n1SC. The number of nitrogens with zero attached hydrogens (tertiary/aromatic N) is 1. The van der Waals surface area contributed by atoms with Crippen molar-refractivity contribution in [1.29, 1.82) is 0 Å². The standard InChI is InChI=1S/C8H9NO2S2/c1-12-8-4-3-6(7(11)5-10)9(8)13-2/h3-5H,1-2H3. The predicted molar refractivity (Wildman–Crippen MR) is 55.5 cm³/mol. The number of aromatic nitrogens is 1. The first-order chi connectivity index (χ1) is 6.24. The van der Waals surface area contributed by atoms with Crippen LogP contribution < -0.4 is 0 Å². The van der Waals surface area contributed by atoms with Crippen LogP contribution in [0, 0.1) is 0 Å². The Morgan fingerprint density at radius 3 is 2.62 bits per heavy atom. The van der Waals surface area contributed by atoms with Gasteiger partial charge in [0.1, 0.15) is 5.69 Å². The molecular weight excluding hydrogens is 206 g/mol. The first-order valence-corrected chi connectivity index (χ1v) is 5.95. The molecule has 1 aromatic heterocycles. The van der Waals surface area contributed by atoms with Crippen molar-refractivity contribution >= 4 is 35.8 Å². The van der Waals surface area contributed by atoms with Gasteiger partial charge in [0, 0.05) is 6.26 Å². The van der Waals surface area contributed by atoms with Crippen molar-refractivity contribution in [2.75, 3.05) is 12.5 Å². The fraction of sp³-hybridized carbons (Fsp3) is 0.250. The lowest BCUT2D eigenvalue weighted by atomic mass is 10.3. The maximum atomic E-state index is 11.1. The third kappa shape index (κ3) is 1.97. The lowest BCUT2D eigenvalue weighted by Gasteiger charge is -2.04. The van der Waals surface area contributed by atoms with Crippen molar-refractivity contribution in [1.82, 2.24) is 3.97 Å². The summed E-state index contributed by atoms with van der Waals surface area (Å²) in [6, 6.07) is 3.50. The Balaban J connectivity index is 3.14. The molecule has 0 saturated carbocycles. The number of thioether (sulfide) groups is 1. The zero-order valence-electron chi connectivity index (χ0n) is 7.31. The van der Waals surface area contributed by atoms with Crippen molar-refractivity contribution < 1.29 is 9.59 Å². The maximum absolute atomic E-state index is 11.1. The highest BCUT2D eigenvalue weighted by Gasteiger charge is 2.12. The van der Waals surface area contributed by atoms with Crippen LogP contribution in [-0.4, -0.2) is 28.6 Å². The average Bonchev–Trinajstić information content (AvgIpc) is 2.58. The van der Waals surface area contributed by atoms with E-state index in [2.05, 4.69) is 0 Å². The molecule has 5 heteroatoms. The molecule has 1 rings (SSSR count). The largest absolute Gasteiger partial charge is 0.294 e. The first-order valence-electron chi connectivity index (χ1n) is 3.54. The molecule has 0 aliphatic carbocycles. The van der Waals surface area contributed by atoms with Crippen molar-refractivity contribution in [3.05, 3.63) is 17.8 Å². The van der Waals surface area contributed by atoms with E-state index in [-0.39, 0.29) is 0 Å². The van der Waals surface area contributed by atoms with Gasteiger partial charge >= 0.3 is 0 Å². The van der Waals surface area contributed by atoms with E-state index in [0.29, 0.717) is 12.0 Å². The van der Waals surface area contributed by atoms with Gasteiger partial charge in [0.05, 0.1) is 5.03 Å². The Kier molecular flexibility index (Phi) is 3.62. The van der Waals surface area contributed by atoms with Crippen molar-refractivity contribution in [2.24, 2.45) is 0 Å².